The molecule has 2 aromatic carbocycles. The van der Waals surface area contributed by atoms with Crippen LogP contribution in [-0.4, -0.2) is 10.1 Å². The molecule has 0 aliphatic carbocycles. The molecule has 0 aliphatic rings. The number of benzene rings is 2. The first-order valence-electron chi connectivity index (χ1n) is 6.34. The van der Waals surface area contributed by atoms with E-state index >= 15 is 0 Å². The average molecular weight is 249 g/mol. The molecule has 0 aliphatic heterocycles. The summed E-state index contributed by atoms with van der Waals surface area (Å²) in [4.78, 5) is 4.39. The number of nitrogens with zero attached hydrogens (tertiary/aromatic N) is 1. The van der Waals surface area contributed by atoms with Crippen LogP contribution in [0.1, 0.15) is 11.1 Å². The molecule has 19 heavy (non-hydrogen) atoms. The maximum atomic E-state index is 9.35. The number of aliphatic hydroxyl groups is 1. The number of pyridine rings is 1. The summed E-state index contributed by atoms with van der Waals surface area (Å²) >= 11 is 0. The number of hydrogen-bond acceptors (Lipinski definition) is 2. The lowest BCUT2D eigenvalue weighted by Gasteiger charge is -2.10. The Morgan fingerprint density at radius 2 is 1.95 bits per heavy atom. The molecule has 0 atom stereocenters. The fourth-order valence-corrected chi connectivity index (χ4v) is 2.40. The highest BCUT2D eigenvalue weighted by atomic mass is 16.3. The molecule has 0 bridgehead atoms. The minimum absolute atomic E-state index is 0.0749. The average Bonchev–Trinajstić information content (AvgIpc) is 2.47. The molecule has 0 saturated heterocycles. The molecule has 1 N–H and O–H groups in total. The van der Waals surface area contributed by atoms with Gasteiger partial charge in [0, 0.05) is 11.6 Å². The van der Waals surface area contributed by atoms with Crippen LogP contribution in [0.3, 0.4) is 0 Å². The van der Waals surface area contributed by atoms with E-state index in [4.69, 9.17) is 0 Å². The van der Waals surface area contributed by atoms with Gasteiger partial charge in [-0.1, -0.05) is 36.4 Å². The van der Waals surface area contributed by atoms with Gasteiger partial charge in [0.05, 0.1) is 12.1 Å². The van der Waals surface area contributed by atoms with Gasteiger partial charge >= 0.3 is 0 Å². The van der Waals surface area contributed by atoms with Crippen molar-refractivity contribution in [3.8, 4) is 11.1 Å². The van der Waals surface area contributed by atoms with Crippen molar-refractivity contribution in [2.75, 3.05) is 0 Å². The highest BCUT2D eigenvalue weighted by Crippen LogP contribution is 2.28. The lowest BCUT2D eigenvalue weighted by atomic mass is 9.96. The van der Waals surface area contributed by atoms with E-state index < -0.39 is 0 Å². The Hall–Kier alpha value is -2.19. The number of fused-ring (bicyclic) bond motifs is 1. The number of rotatable bonds is 2. The highest BCUT2D eigenvalue weighted by Gasteiger charge is 2.06. The standard InChI is InChI=1S/C17H15NO/c1-12-15(11-19)4-2-6-16(12)14-8-7-13-5-3-9-18-17(13)10-14/h2-10,19H,11H2,1H3. The summed E-state index contributed by atoms with van der Waals surface area (Å²) in [6.45, 7) is 2.12. The Bertz CT molecular complexity index is 734. The minimum atomic E-state index is 0.0749. The predicted octanol–water partition coefficient (Wildman–Crippen LogP) is 3.70. The van der Waals surface area contributed by atoms with Crippen LogP contribution in [0.2, 0.25) is 0 Å². The molecule has 0 saturated carbocycles. The van der Waals surface area contributed by atoms with E-state index in [1.54, 1.807) is 0 Å². The molecular formula is C17H15NO. The first-order valence-corrected chi connectivity index (χ1v) is 6.34. The summed E-state index contributed by atoms with van der Waals surface area (Å²) in [6, 6.07) is 16.3. The van der Waals surface area contributed by atoms with E-state index in [0.29, 0.717) is 0 Å². The summed E-state index contributed by atoms with van der Waals surface area (Å²) in [5, 5.41) is 10.5. The second-order valence-electron chi connectivity index (χ2n) is 4.66. The third-order valence-electron chi connectivity index (χ3n) is 3.53. The summed E-state index contributed by atoms with van der Waals surface area (Å²) in [6.07, 6.45) is 1.81. The number of aliphatic hydroxyl groups excluding tert-OH is 1. The zero-order chi connectivity index (χ0) is 13.2. The zero-order valence-electron chi connectivity index (χ0n) is 10.8. The van der Waals surface area contributed by atoms with Crippen LogP contribution in [0.25, 0.3) is 22.0 Å². The van der Waals surface area contributed by atoms with Crippen molar-refractivity contribution < 1.29 is 5.11 Å². The molecule has 0 unspecified atom stereocenters. The molecule has 0 spiro atoms. The van der Waals surface area contributed by atoms with Gasteiger partial charge in [-0.2, -0.15) is 0 Å². The quantitative estimate of drug-likeness (QED) is 0.751. The lowest BCUT2D eigenvalue weighted by Crippen LogP contribution is -1.92. The third kappa shape index (κ3) is 2.11. The van der Waals surface area contributed by atoms with Crippen LogP contribution in [0, 0.1) is 6.92 Å². The summed E-state index contributed by atoms with van der Waals surface area (Å²) in [5.74, 6) is 0. The number of aromatic nitrogens is 1. The Labute approximate surface area is 112 Å². The second-order valence-corrected chi connectivity index (χ2v) is 4.66. The molecule has 1 aromatic heterocycles. The van der Waals surface area contributed by atoms with E-state index in [9.17, 15) is 5.11 Å². The fourth-order valence-electron chi connectivity index (χ4n) is 2.40. The Kier molecular flexibility index (Phi) is 3.02. The van der Waals surface area contributed by atoms with E-state index in [2.05, 4.69) is 35.3 Å². The summed E-state index contributed by atoms with van der Waals surface area (Å²) < 4.78 is 0. The molecule has 3 rings (SSSR count). The maximum Gasteiger partial charge on any atom is 0.0708 e. The van der Waals surface area contributed by atoms with Gasteiger partial charge in [0.15, 0.2) is 0 Å². The van der Waals surface area contributed by atoms with Crippen molar-refractivity contribution in [1.82, 2.24) is 4.98 Å². The van der Waals surface area contributed by atoms with Crippen molar-refractivity contribution in [2.45, 2.75) is 13.5 Å². The first-order chi connectivity index (χ1) is 9.29. The molecular weight excluding hydrogens is 234 g/mol. The number of hydrogen-bond donors (Lipinski definition) is 1. The molecule has 2 nitrogen and oxygen atoms in total. The molecule has 0 radical (unpaired) electrons. The monoisotopic (exact) mass is 249 g/mol. The van der Waals surface area contributed by atoms with Gasteiger partial charge in [-0.3, -0.25) is 4.98 Å². The molecule has 94 valence electrons. The van der Waals surface area contributed by atoms with Crippen molar-refractivity contribution >= 4 is 10.9 Å². The van der Waals surface area contributed by atoms with Gasteiger partial charge in [-0.05, 0) is 41.3 Å². The van der Waals surface area contributed by atoms with Gasteiger partial charge in [0.25, 0.3) is 0 Å². The van der Waals surface area contributed by atoms with E-state index in [-0.39, 0.29) is 6.61 Å². The van der Waals surface area contributed by atoms with Crippen molar-refractivity contribution in [2.24, 2.45) is 0 Å². The van der Waals surface area contributed by atoms with Gasteiger partial charge in [-0.25, -0.2) is 0 Å². The van der Waals surface area contributed by atoms with Gasteiger partial charge in [0.2, 0.25) is 0 Å². The molecule has 3 aromatic rings. The predicted molar refractivity (Wildman–Crippen MR) is 77.8 cm³/mol. The smallest absolute Gasteiger partial charge is 0.0708 e. The van der Waals surface area contributed by atoms with E-state index in [1.807, 2.05) is 31.3 Å². The molecule has 2 heteroatoms. The lowest BCUT2D eigenvalue weighted by molar-refractivity contribution is 0.281. The molecule has 0 fully saturated rings. The van der Waals surface area contributed by atoms with Crippen LogP contribution >= 0.6 is 0 Å². The zero-order valence-corrected chi connectivity index (χ0v) is 10.8. The topological polar surface area (TPSA) is 33.1 Å². The first kappa shape index (κ1) is 11.9. The Morgan fingerprint density at radius 3 is 2.79 bits per heavy atom. The van der Waals surface area contributed by atoms with E-state index in [0.717, 1.165) is 33.2 Å². The van der Waals surface area contributed by atoms with Crippen LogP contribution < -0.4 is 0 Å². The largest absolute Gasteiger partial charge is 0.392 e. The van der Waals surface area contributed by atoms with E-state index in [1.165, 1.54) is 0 Å². The normalized spacial score (nSPS) is 10.8. The van der Waals surface area contributed by atoms with Crippen molar-refractivity contribution in [3.05, 3.63) is 65.9 Å². The van der Waals surface area contributed by atoms with Crippen LogP contribution in [0.5, 0.6) is 0 Å². The molecule has 1 heterocycles. The summed E-state index contributed by atoms with van der Waals surface area (Å²) in [7, 11) is 0. The minimum Gasteiger partial charge on any atom is -0.392 e. The molecule has 0 amide bonds. The second kappa shape index (κ2) is 4.82. The van der Waals surface area contributed by atoms with Gasteiger partial charge in [0.1, 0.15) is 0 Å². The van der Waals surface area contributed by atoms with Crippen LogP contribution in [-0.2, 0) is 6.61 Å². The highest BCUT2D eigenvalue weighted by molar-refractivity contribution is 5.84. The Balaban J connectivity index is 2.19. The van der Waals surface area contributed by atoms with Crippen LogP contribution in [0.15, 0.2) is 54.7 Å². The third-order valence-corrected chi connectivity index (χ3v) is 3.53. The SMILES string of the molecule is Cc1c(CO)cccc1-c1ccc2cccnc2c1. The van der Waals surface area contributed by atoms with Gasteiger partial charge < -0.3 is 5.11 Å². The van der Waals surface area contributed by atoms with Crippen LogP contribution in [0.4, 0.5) is 0 Å². The Morgan fingerprint density at radius 1 is 1.05 bits per heavy atom. The maximum absolute atomic E-state index is 9.35. The fraction of sp³-hybridized carbons (Fsp3) is 0.118. The summed E-state index contributed by atoms with van der Waals surface area (Å²) in [5.41, 5.74) is 5.38. The van der Waals surface area contributed by atoms with Crippen molar-refractivity contribution in [1.29, 1.82) is 0 Å². The van der Waals surface area contributed by atoms with Gasteiger partial charge in [-0.15, -0.1) is 0 Å². The van der Waals surface area contributed by atoms with Crippen molar-refractivity contribution in [3.63, 3.8) is 0 Å².